The number of hydrogen-bond donors (Lipinski definition) is 1. The maximum Gasteiger partial charge on any atom is 0.244 e. The topological polar surface area (TPSA) is 86.8 Å². The van der Waals surface area contributed by atoms with Crippen LogP contribution in [-0.4, -0.2) is 50.0 Å². The van der Waals surface area contributed by atoms with Crippen molar-refractivity contribution in [3.8, 4) is 0 Å². The molecule has 1 saturated carbocycles. The number of sulfonamides is 1. The van der Waals surface area contributed by atoms with Gasteiger partial charge in [-0.1, -0.05) is 96.6 Å². The highest BCUT2D eigenvalue weighted by molar-refractivity contribution is 7.92. The van der Waals surface area contributed by atoms with Gasteiger partial charge in [0.25, 0.3) is 0 Å². The van der Waals surface area contributed by atoms with Gasteiger partial charge in [-0.3, -0.25) is 13.9 Å². The van der Waals surface area contributed by atoms with Crippen LogP contribution in [0.4, 0.5) is 5.69 Å². The molecular formula is C32H37Cl2N3O4S. The Morgan fingerprint density at radius 1 is 0.952 bits per heavy atom. The molecule has 1 aliphatic carbocycles. The van der Waals surface area contributed by atoms with Crippen LogP contribution in [0.5, 0.6) is 0 Å². The largest absolute Gasteiger partial charge is 0.352 e. The fraction of sp³-hybridized carbons (Fsp3) is 0.375. The number of halogens is 2. The molecule has 1 fully saturated rings. The van der Waals surface area contributed by atoms with E-state index >= 15 is 0 Å². The van der Waals surface area contributed by atoms with Crippen molar-refractivity contribution in [1.82, 2.24) is 10.2 Å². The lowest BCUT2D eigenvalue weighted by molar-refractivity contribution is -0.140. The van der Waals surface area contributed by atoms with Crippen molar-refractivity contribution in [3.05, 3.63) is 99.5 Å². The second-order valence-electron chi connectivity index (χ2n) is 10.9. The predicted molar refractivity (Wildman–Crippen MR) is 169 cm³/mol. The predicted octanol–water partition coefficient (Wildman–Crippen LogP) is 6.16. The third-order valence-corrected chi connectivity index (χ3v) is 9.31. The zero-order valence-electron chi connectivity index (χ0n) is 23.9. The molecule has 0 aromatic heterocycles. The molecule has 0 spiro atoms. The molecule has 1 aliphatic rings. The van der Waals surface area contributed by atoms with Gasteiger partial charge in [-0.25, -0.2) is 8.42 Å². The van der Waals surface area contributed by atoms with Crippen LogP contribution in [0.15, 0.2) is 72.8 Å². The minimum atomic E-state index is -3.83. The molecule has 1 N–H and O–H groups in total. The van der Waals surface area contributed by atoms with E-state index in [0.29, 0.717) is 21.3 Å². The van der Waals surface area contributed by atoms with Crippen LogP contribution in [0.1, 0.15) is 48.8 Å². The zero-order chi connectivity index (χ0) is 30.3. The number of carbonyl (C=O) groups is 2. The molecule has 1 atom stereocenters. The Morgan fingerprint density at radius 2 is 1.62 bits per heavy atom. The summed E-state index contributed by atoms with van der Waals surface area (Å²) in [4.78, 5) is 29.7. The van der Waals surface area contributed by atoms with E-state index in [1.165, 1.54) is 4.90 Å². The Balaban J connectivity index is 1.74. The Labute approximate surface area is 258 Å². The van der Waals surface area contributed by atoms with E-state index in [0.717, 1.165) is 53.8 Å². The van der Waals surface area contributed by atoms with Crippen LogP contribution < -0.4 is 9.62 Å². The maximum atomic E-state index is 14.2. The van der Waals surface area contributed by atoms with Gasteiger partial charge in [0.15, 0.2) is 0 Å². The van der Waals surface area contributed by atoms with E-state index in [1.807, 2.05) is 37.3 Å². The van der Waals surface area contributed by atoms with Crippen molar-refractivity contribution in [3.63, 3.8) is 0 Å². The molecule has 42 heavy (non-hydrogen) atoms. The van der Waals surface area contributed by atoms with Gasteiger partial charge in [-0.2, -0.15) is 0 Å². The number of hydrogen-bond acceptors (Lipinski definition) is 4. The monoisotopic (exact) mass is 629 g/mol. The summed E-state index contributed by atoms with van der Waals surface area (Å²) >= 11 is 12.7. The summed E-state index contributed by atoms with van der Waals surface area (Å²) in [6, 6.07) is 20.5. The lowest BCUT2D eigenvalue weighted by Gasteiger charge is -2.35. The number of aryl methyl sites for hydroxylation is 1. The van der Waals surface area contributed by atoms with Crippen LogP contribution in [0.3, 0.4) is 0 Å². The summed E-state index contributed by atoms with van der Waals surface area (Å²) in [7, 11) is -3.83. The number of nitrogens with zero attached hydrogens (tertiary/aromatic N) is 2. The second-order valence-corrected chi connectivity index (χ2v) is 13.7. The molecule has 4 rings (SSSR count). The fourth-order valence-corrected chi connectivity index (χ4v) is 6.57. The molecule has 10 heteroatoms. The van der Waals surface area contributed by atoms with Crippen LogP contribution in [0.2, 0.25) is 10.0 Å². The lowest BCUT2D eigenvalue weighted by atomic mass is 9.94. The summed E-state index contributed by atoms with van der Waals surface area (Å²) in [6.07, 6.45) is 6.30. The van der Waals surface area contributed by atoms with Gasteiger partial charge in [0.05, 0.1) is 11.9 Å². The molecule has 3 aromatic rings. The van der Waals surface area contributed by atoms with Gasteiger partial charge in [-0.15, -0.1) is 0 Å². The highest BCUT2D eigenvalue weighted by atomic mass is 35.5. The molecule has 3 aromatic carbocycles. The molecule has 0 aliphatic heterocycles. The molecule has 224 valence electrons. The molecule has 0 heterocycles. The van der Waals surface area contributed by atoms with Crippen molar-refractivity contribution >= 4 is 50.7 Å². The normalized spacial score (nSPS) is 14.7. The number of anilines is 1. The van der Waals surface area contributed by atoms with Crippen LogP contribution in [0, 0.1) is 6.92 Å². The number of amides is 2. The van der Waals surface area contributed by atoms with Gasteiger partial charge >= 0.3 is 0 Å². The highest BCUT2D eigenvalue weighted by Gasteiger charge is 2.34. The first-order valence-corrected chi connectivity index (χ1v) is 16.7. The summed E-state index contributed by atoms with van der Waals surface area (Å²) in [5, 5.41) is 3.98. The van der Waals surface area contributed by atoms with Gasteiger partial charge < -0.3 is 10.2 Å². The zero-order valence-corrected chi connectivity index (χ0v) is 26.3. The molecule has 0 unspecified atom stereocenters. The second kappa shape index (κ2) is 14.4. The van der Waals surface area contributed by atoms with Gasteiger partial charge in [-0.05, 0) is 55.2 Å². The van der Waals surface area contributed by atoms with E-state index in [9.17, 15) is 18.0 Å². The molecule has 0 saturated heterocycles. The summed E-state index contributed by atoms with van der Waals surface area (Å²) in [5.74, 6) is -0.794. The number of benzene rings is 3. The molecule has 7 nitrogen and oxygen atoms in total. The highest BCUT2D eigenvalue weighted by Crippen LogP contribution is 2.26. The molecule has 0 bridgehead atoms. The average Bonchev–Trinajstić information content (AvgIpc) is 2.95. The van der Waals surface area contributed by atoms with E-state index in [4.69, 9.17) is 23.2 Å². The summed E-state index contributed by atoms with van der Waals surface area (Å²) in [5.41, 5.74) is 2.80. The molecule has 2 amide bonds. The Bertz CT molecular complexity index is 1480. The third kappa shape index (κ3) is 8.72. The first-order chi connectivity index (χ1) is 20.0. The minimum absolute atomic E-state index is 0.00405. The van der Waals surface area contributed by atoms with Crippen molar-refractivity contribution in [2.75, 3.05) is 17.1 Å². The van der Waals surface area contributed by atoms with Gasteiger partial charge in [0.1, 0.15) is 12.6 Å². The SMILES string of the molecule is Cc1ccc(N(CC(=O)N(Cc2ccc(Cl)cc2Cl)[C@@H](Cc2ccccc2)C(=O)NC2CCCCC2)S(C)(=O)=O)cc1. The summed E-state index contributed by atoms with van der Waals surface area (Å²) < 4.78 is 26.9. The van der Waals surface area contributed by atoms with Crippen molar-refractivity contribution < 1.29 is 18.0 Å². The minimum Gasteiger partial charge on any atom is -0.352 e. The van der Waals surface area contributed by atoms with E-state index in [2.05, 4.69) is 5.32 Å². The fourth-order valence-electron chi connectivity index (χ4n) is 5.26. The Kier molecular flexibility index (Phi) is 10.9. The number of carbonyl (C=O) groups excluding carboxylic acids is 2. The lowest BCUT2D eigenvalue weighted by Crippen LogP contribution is -2.55. The van der Waals surface area contributed by atoms with Crippen LogP contribution in [-0.2, 0) is 32.6 Å². The summed E-state index contributed by atoms with van der Waals surface area (Å²) in [6.45, 7) is 1.42. The standard InChI is InChI=1S/C32H37Cl2N3O4S/c1-23-13-17-28(18-14-23)37(42(2,40)41)22-31(38)36(21-25-15-16-26(33)20-29(25)34)30(19-24-9-5-3-6-10-24)32(39)35-27-11-7-4-8-12-27/h3,5-6,9-10,13-18,20,27,30H,4,7-8,11-12,19,21-22H2,1-2H3,(H,35,39)/t30-/m0/s1. The first-order valence-electron chi connectivity index (χ1n) is 14.1. The van der Waals surface area contributed by atoms with Crippen molar-refractivity contribution in [2.45, 2.75) is 64.1 Å². The Morgan fingerprint density at radius 3 is 2.24 bits per heavy atom. The number of rotatable bonds is 11. The average molecular weight is 631 g/mol. The molecular weight excluding hydrogens is 593 g/mol. The third-order valence-electron chi connectivity index (χ3n) is 7.58. The smallest absolute Gasteiger partial charge is 0.244 e. The first kappa shape index (κ1) is 31.9. The quantitative estimate of drug-likeness (QED) is 0.275. The number of nitrogens with one attached hydrogen (secondary N) is 1. The van der Waals surface area contributed by atoms with Crippen molar-refractivity contribution in [2.24, 2.45) is 0 Å². The Hall–Kier alpha value is -3.07. The maximum absolute atomic E-state index is 14.2. The van der Waals surface area contributed by atoms with Gasteiger partial charge in [0, 0.05) is 29.1 Å². The van der Waals surface area contributed by atoms with Crippen molar-refractivity contribution in [1.29, 1.82) is 0 Å². The van der Waals surface area contributed by atoms with E-state index in [1.54, 1.807) is 42.5 Å². The van der Waals surface area contributed by atoms with Crippen LogP contribution in [0.25, 0.3) is 0 Å². The van der Waals surface area contributed by atoms with E-state index < -0.39 is 28.5 Å². The van der Waals surface area contributed by atoms with E-state index in [-0.39, 0.29) is 24.9 Å². The molecule has 0 radical (unpaired) electrons. The van der Waals surface area contributed by atoms with Crippen LogP contribution >= 0.6 is 23.2 Å². The van der Waals surface area contributed by atoms with Gasteiger partial charge in [0.2, 0.25) is 21.8 Å².